The quantitative estimate of drug-likeness (QED) is 0.605. The van der Waals surface area contributed by atoms with Crippen molar-refractivity contribution in [1.82, 2.24) is 20.2 Å². The Labute approximate surface area is 127 Å². The predicted octanol–water partition coefficient (Wildman–Crippen LogP) is 3.63. The van der Waals surface area contributed by atoms with Crippen LogP contribution < -0.4 is 4.74 Å². The van der Waals surface area contributed by atoms with E-state index in [1.54, 1.807) is 19.5 Å². The van der Waals surface area contributed by atoms with E-state index in [1.165, 1.54) is 5.39 Å². The van der Waals surface area contributed by atoms with Crippen molar-refractivity contribution >= 4 is 10.9 Å². The van der Waals surface area contributed by atoms with E-state index in [0.717, 1.165) is 33.9 Å². The van der Waals surface area contributed by atoms with Gasteiger partial charge in [0.2, 0.25) is 0 Å². The first-order chi connectivity index (χ1) is 10.8. The van der Waals surface area contributed by atoms with Crippen LogP contribution in [0, 0.1) is 0 Å². The van der Waals surface area contributed by atoms with Crippen molar-refractivity contribution in [3.8, 4) is 28.4 Å². The molecule has 3 heterocycles. The molecule has 22 heavy (non-hydrogen) atoms. The van der Waals surface area contributed by atoms with Crippen LogP contribution in [0.15, 0.2) is 54.9 Å². The monoisotopic (exact) mass is 290 g/mol. The highest BCUT2D eigenvalue weighted by molar-refractivity contribution is 5.85. The molecule has 0 spiro atoms. The van der Waals surface area contributed by atoms with Crippen LogP contribution in [0.5, 0.6) is 5.75 Å². The molecular formula is C17H14N4O. The van der Waals surface area contributed by atoms with Gasteiger partial charge in [-0.3, -0.25) is 10.1 Å². The summed E-state index contributed by atoms with van der Waals surface area (Å²) in [5, 5.41) is 8.61. The van der Waals surface area contributed by atoms with Gasteiger partial charge in [-0.25, -0.2) is 0 Å². The molecule has 0 amide bonds. The van der Waals surface area contributed by atoms with Gasteiger partial charge in [0.25, 0.3) is 0 Å². The second-order valence-corrected chi connectivity index (χ2v) is 5.05. The highest BCUT2D eigenvalue weighted by Gasteiger charge is 2.09. The van der Waals surface area contributed by atoms with Crippen LogP contribution in [-0.2, 0) is 0 Å². The molecule has 0 saturated heterocycles. The minimum absolute atomic E-state index is 0.722. The molecular weight excluding hydrogens is 276 g/mol. The minimum Gasteiger partial charge on any atom is -0.495 e. The van der Waals surface area contributed by atoms with Gasteiger partial charge in [-0.15, -0.1) is 0 Å². The second-order valence-electron chi connectivity index (χ2n) is 5.05. The summed E-state index contributed by atoms with van der Waals surface area (Å²) in [4.78, 5) is 7.54. The third-order valence-electron chi connectivity index (χ3n) is 3.64. The number of aromatic amines is 2. The van der Waals surface area contributed by atoms with Gasteiger partial charge in [0.1, 0.15) is 11.4 Å². The van der Waals surface area contributed by atoms with Crippen molar-refractivity contribution in [3.05, 3.63) is 54.9 Å². The van der Waals surface area contributed by atoms with Crippen molar-refractivity contribution in [3.63, 3.8) is 0 Å². The smallest absolute Gasteiger partial charge is 0.137 e. The van der Waals surface area contributed by atoms with Crippen LogP contribution in [0.1, 0.15) is 0 Å². The SMILES string of the molecule is COc1cncc(-c2cc(-c3cc4ccccc4[nH]3)n[nH]2)c1. The minimum atomic E-state index is 0.722. The summed E-state index contributed by atoms with van der Waals surface area (Å²) in [5.41, 5.74) is 4.80. The molecule has 0 aliphatic rings. The molecule has 1 aromatic carbocycles. The van der Waals surface area contributed by atoms with Crippen molar-refractivity contribution < 1.29 is 4.74 Å². The van der Waals surface area contributed by atoms with Gasteiger partial charge in [-0.2, -0.15) is 5.10 Å². The number of aromatic nitrogens is 4. The number of fused-ring (bicyclic) bond motifs is 1. The molecule has 2 N–H and O–H groups in total. The van der Waals surface area contributed by atoms with E-state index in [9.17, 15) is 0 Å². The average molecular weight is 290 g/mol. The lowest BCUT2D eigenvalue weighted by Crippen LogP contribution is -1.86. The number of pyridine rings is 1. The lowest BCUT2D eigenvalue weighted by molar-refractivity contribution is 0.413. The van der Waals surface area contributed by atoms with E-state index in [2.05, 4.69) is 38.4 Å². The fourth-order valence-corrected chi connectivity index (χ4v) is 2.50. The number of ether oxygens (including phenoxy) is 1. The van der Waals surface area contributed by atoms with Crippen LogP contribution in [0.4, 0.5) is 0 Å². The third kappa shape index (κ3) is 2.13. The Hall–Kier alpha value is -3.08. The lowest BCUT2D eigenvalue weighted by atomic mass is 10.2. The number of hydrogen-bond acceptors (Lipinski definition) is 3. The molecule has 3 aromatic heterocycles. The van der Waals surface area contributed by atoms with Gasteiger partial charge < -0.3 is 9.72 Å². The van der Waals surface area contributed by atoms with Gasteiger partial charge in [0.15, 0.2) is 0 Å². The first-order valence-electron chi connectivity index (χ1n) is 6.96. The Balaban J connectivity index is 1.74. The van der Waals surface area contributed by atoms with E-state index in [1.807, 2.05) is 24.3 Å². The molecule has 5 nitrogen and oxygen atoms in total. The van der Waals surface area contributed by atoms with E-state index < -0.39 is 0 Å². The molecule has 0 saturated carbocycles. The number of nitrogens with one attached hydrogen (secondary N) is 2. The highest BCUT2D eigenvalue weighted by Crippen LogP contribution is 2.27. The van der Waals surface area contributed by atoms with E-state index in [-0.39, 0.29) is 0 Å². The maximum atomic E-state index is 5.20. The van der Waals surface area contributed by atoms with Crippen LogP contribution in [0.2, 0.25) is 0 Å². The number of H-pyrrole nitrogens is 2. The van der Waals surface area contributed by atoms with Gasteiger partial charge in [-0.05, 0) is 24.3 Å². The fourth-order valence-electron chi connectivity index (χ4n) is 2.50. The molecule has 0 bridgehead atoms. The number of nitrogens with zero attached hydrogens (tertiary/aromatic N) is 2. The third-order valence-corrected chi connectivity index (χ3v) is 3.64. The zero-order valence-electron chi connectivity index (χ0n) is 12.0. The van der Waals surface area contributed by atoms with Gasteiger partial charge in [0, 0.05) is 22.7 Å². The van der Waals surface area contributed by atoms with E-state index in [4.69, 9.17) is 4.74 Å². The van der Waals surface area contributed by atoms with Gasteiger partial charge >= 0.3 is 0 Å². The molecule has 0 radical (unpaired) electrons. The molecule has 0 aliphatic heterocycles. The van der Waals surface area contributed by atoms with Crippen molar-refractivity contribution in [1.29, 1.82) is 0 Å². The fraction of sp³-hybridized carbons (Fsp3) is 0.0588. The zero-order valence-corrected chi connectivity index (χ0v) is 12.0. The summed E-state index contributed by atoms with van der Waals surface area (Å²) in [6.45, 7) is 0. The second kappa shape index (κ2) is 5.04. The summed E-state index contributed by atoms with van der Waals surface area (Å²) in [7, 11) is 1.63. The lowest BCUT2D eigenvalue weighted by Gasteiger charge is -2.00. The first-order valence-corrected chi connectivity index (χ1v) is 6.96. The zero-order chi connectivity index (χ0) is 14.9. The van der Waals surface area contributed by atoms with Gasteiger partial charge in [0.05, 0.1) is 24.7 Å². The summed E-state index contributed by atoms with van der Waals surface area (Å²) in [6.07, 6.45) is 3.46. The normalized spacial score (nSPS) is 11.0. The Morgan fingerprint density at radius 1 is 1.00 bits per heavy atom. The average Bonchev–Trinajstić information content (AvgIpc) is 3.21. The Morgan fingerprint density at radius 3 is 2.77 bits per heavy atom. The topological polar surface area (TPSA) is 66.6 Å². The van der Waals surface area contributed by atoms with Crippen LogP contribution in [0.25, 0.3) is 33.5 Å². The highest BCUT2D eigenvalue weighted by atomic mass is 16.5. The van der Waals surface area contributed by atoms with Crippen molar-refractivity contribution in [2.24, 2.45) is 0 Å². The Kier molecular flexibility index (Phi) is 2.89. The maximum absolute atomic E-state index is 5.20. The number of rotatable bonds is 3. The summed E-state index contributed by atoms with van der Waals surface area (Å²) in [6, 6.07) is 14.2. The maximum Gasteiger partial charge on any atom is 0.137 e. The van der Waals surface area contributed by atoms with E-state index >= 15 is 0 Å². The van der Waals surface area contributed by atoms with Crippen LogP contribution in [0.3, 0.4) is 0 Å². The number of hydrogen-bond donors (Lipinski definition) is 2. The van der Waals surface area contributed by atoms with Gasteiger partial charge in [-0.1, -0.05) is 18.2 Å². The molecule has 4 rings (SSSR count). The Bertz CT molecular complexity index is 905. The number of methoxy groups -OCH3 is 1. The number of benzene rings is 1. The molecule has 5 heteroatoms. The molecule has 0 unspecified atom stereocenters. The van der Waals surface area contributed by atoms with Crippen molar-refractivity contribution in [2.75, 3.05) is 7.11 Å². The standard InChI is InChI=1S/C17H14N4O/c1-22-13-6-12(9-18-10-13)15-8-17(21-20-15)16-7-11-4-2-3-5-14(11)19-16/h2-10,19H,1H3,(H,20,21). The molecule has 108 valence electrons. The summed E-state index contributed by atoms with van der Waals surface area (Å²) in [5.74, 6) is 0.722. The number of para-hydroxylation sites is 1. The first kappa shape index (κ1) is 12.6. The largest absolute Gasteiger partial charge is 0.495 e. The Morgan fingerprint density at radius 2 is 1.91 bits per heavy atom. The predicted molar refractivity (Wildman–Crippen MR) is 85.7 cm³/mol. The molecule has 0 aliphatic carbocycles. The van der Waals surface area contributed by atoms with Crippen molar-refractivity contribution in [2.45, 2.75) is 0 Å². The summed E-state index contributed by atoms with van der Waals surface area (Å²) >= 11 is 0. The van der Waals surface area contributed by atoms with Crippen LogP contribution >= 0.6 is 0 Å². The van der Waals surface area contributed by atoms with E-state index in [0.29, 0.717) is 0 Å². The molecule has 0 atom stereocenters. The van der Waals surface area contributed by atoms with Crippen LogP contribution in [-0.4, -0.2) is 27.3 Å². The summed E-state index contributed by atoms with van der Waals surface area (Å²) < 4.78 is 5.20. The molecule has 0 fully saturated rings. The molecule has 4 aromatic rings.